The Morgan fingerprint density at radius 2 is 1.83 bits per heavy atom. The molecule has 0 unspecified atom stereocenters. The van der Waals surface area contributed by atoms with Gasteiger partial charge in [0.1, 0.15) is 12.1 Å². The first kappa shape index (κ1) is 27.6. The second-order valence-electron chi connectivity index (χ2n) is 10.6. The molecule has 0 saturated heterocycles. The third-order valence-corrected chi connectivity index (χ3v) is 14.5. The maximum Gasteiger partial charge on any atom is 0.208 e. The molecule has 0 aromatic carbocycles. The lowest BCUT2D eigenvalue weighted by molar-refractivity contribution is 0.0941. The Morgan fingerprint density at radius 3 is 2.37 bits per heavy atom. The number of aliphatic hydroxyl groups excluding tert-OH is 1. The Balaban J connectivity index is 1.81. The van der Waals surface area contributed by atoms with Gasteiger partial charge < -0.3 is 14.8 Å². The van der Waals surface area contributed by atoms with Gasteiger partial charge in [-0.05, 0) is 42.5 Å². The van der Waals surface area contributed by atoms with E-state index in [1.165, 1.54) is 30.8 Å². The van der Waals surface area contributed by atoms with E-state index in [4.69, 9.17) is 4.43 Å². The van der Waals surface area contributed by atoms with E-state index < -0.39 is 8.32 Å². The summed E-state index contributed by atoms with van der Waals surface area (Å²) in [7, 11) is -2.10. The lowest BCUT2D eigenvalue weighted by Crippen LogP contribution is -2.51. The highest BCUT2D eigenvalue weighted by molar-refractivity contribution is 7.12. The molecule has 0 amide bonds. The smallest absolute Gasteiger partial charge is 0.208 e. The van der Waals surface area contributed by atoms with Gasteiger partial charge in [-0.15, -0.1) is 11.3 Å². The average Bonchev–Trinajstić information content (AvgIpc) is 3.44. The highest BCUT2D eigenvalue weighted by atomic mass is 32.1. The van der Waals surface area contributed by atoms with Gasteiger partial charge in [0.2, 0.25) is 14.1 Å². The van der Waals surface area contributed by atoms with E-state index in [1.54, 1.807) is 11.4 Å². The van der Waals surface area contributed by atoms with Crippen LogP contribution in [0, 0.1) is 5.92 Å². The number of anilines is 1. The van der Waals surface area contributed by atoms with E-state index in [2.05, 4.69) is 56.8 Å². The van der Waals surface area contributed by atoms with Crippen LogP contribution in [0.25, 0.3) is 0 Å². The summed E-state index contributed by atoms with van der Waals surface area (Å²) in [6.07, 6.45) is 4.40. The maximum absolute atomic E-state index is 13.2. The van der Waals surface area contributed by atoms with Crippen LogP contribution in [0.2, 0.25) is 16.6 Å². The number of Topliss-reactive ketones (excluding diaryl/α,β-unsaturated/α-hetero) is 1. The lowest BCUT2D eigenvalue weighted by Gasteiger charge is -2.45. The Labute approximate surface area is 213 Å². The minimum atomic E-state index is -2.10. The van der Waals surface area contributed by atoms with Crippen LogP contribution in [0.1, 0.15) is 86.9 Å². The Bertz CT molecular complexity index is 1020. The number of aromatic nitrogens is 2. The molecule has 2 heterocycles. The molecule has 3 atom stereocenters. The molecular weight excluding hydrogens is 478 g/mol. The van der Waals surface area contributed by atoms with E-state index >= 15 is 0 Å². The Hall–Kier alpha value is -1.94. The first-order valence-corrected chi connectivity index (χ1v) is 15.5. The first-order valence-electron chi connectivity index (χ1n) is 12.5. The van der Waals surface area contributed by atoms with E-state index in [-0.39, 0.29) is 36.2 Å². The van der Waals surface area contributed by atoms with Crippen molar-refractivity contribution >= 4 is 37.0 Å². The van der Waals surface area contributed by atoms with E-state index in [0.29, 0.717) is 38.4 Å². The summed E-state index contributed by atoms with van der Waals surface area (Å²) in [5.41, 5.74) is 2.30. The van der Waals surface area contributed by atoms with Gasteiger partial charge in [-0.2, -0.15) is 0 Å². The summed E-state index contributed by atoms with van der Waals surface area (Å²) in [6, 6.07) is 1.65. The van der Waals surface area contributed by atoms with Crippen molar-refractivity contribution in [3.05, 3.63) is 40.0 Å². The molecule has 0 spiro atoms. The van der Waals surface area contributed by atoms with E-state index in [1.807, 2.05) is 0 Å². The Morgan fingerprint density at radius 1 is 1.17 bits per heavy atom. The molecule has 35 heavy (non-hydrogen) atoms. The van der Waals surface area contributed by atoms with Gasteiger partial charge in [0, 0.05) is 35.7 Å². The van der Waals surface area contributed by atoms with Crippen LogP contribution in [0.15, 0.2) is 24.0 Å². The van der Waals surface area contributed by atoms with Crippen molar-refractivity contribution in [2.45, 2.75) is 90.1 Å². The predicted octanol–water partition coefficient (Wildman–Crippen LogP) is 5.72. The highest BCUT2D eigenvalue weighted by Crippen LogP contribution is 2.46. The van der Waals surface area contributed by atoms with Crippen molar-refractivity contribution in [3.8, 4) is 0 Å². The van der Waals surface area contributed by atoms with Gasteiger partial charge in [0.05, 0.1) is 16.5 Å². The molecule has 0 radical (unpaired) electrons. The molecule has 2 aromatic rings. The van der Waals surface area contributed by atoms with Crippen LogP contribution >= 0.6 is 11.3 Å². The number of rotatable bonds is 11. The number of thiophene rings is 1. The van der Waals surface area contributed by atoms with Crippen LogP contribution in [0.5, 0.6) is 0 Å². The van der Waals surface area contributed by atoms with Crippen LogP contribution < -0.4 is 5.32 Å². The molecule has 7 nitrogen and oxygen atoms in total. The zero-order chi connectivity index (χ0) is 25.9. The van der Waals surface area contributed by atoms with Gasteiger partial charge in [0.25, 0.3) is 0 Å². The summed E-state index contributed by atoms with van der Waals surface area (Å²) in [6.45, 7) is 15.2. The second kappa shape index (κ2) is 11.4. The highest BCUT2D eigenvalue weighted by Gasteiger charge is 2.49. The van der Waals surface area contributed by atoms with Crippen LogP contribution in [-0.2, 0) is 4.43 Å². The summed E-state index contributed by atoms with van der Waals surface area (Å²) in [4.78, 5) is 33.8. The molecular formula is C26H39N3O4SSi. The van der Waals surface area contributed by atoms with E-state index in [9.17, 15) is 14.7 Å². The van der Waals surface area contributed by atoms with Crippen molar-refractivity contribution < 1.29 is 19.1 Å². The average molecular weight is 518 g/mol. The van der Waals surface area contributed by atoms with Crippen molar-refractivity contribution in [1.29, 1.82) is 0 Å². The number of aliphatic hydroxyl groups is 1. The summed E-state index contributed by atoms with van der Waals surface area (Å²) in [5.74, 6) is 0.233. The largest absolute Gasteiger partial charge is 0.413 e. The molecule has 9 heteroatoms. The monoisotopic (exact) mass is 517 g/mol. The third kappa shape index (κ3) is 5.74. The summed E-state index contributed by atoms with van der Waals surface area (Å²) in [5, 5.41) is 15.3. The van der Waals surface area contributed by atoms with Crippen molar-refractivity contribution in [1.82, 2.24) is 9.97 Å². The number of carbonyl (C=O) groups excluding carboxylic acids is 2. The zero-order valence-corrected chi connectivity index (χ0v) is 23.7. The fourth-order valence-electron chi connectivity index (χ4n) is 5.79. The summed E-state index contributed by atoms with van der Waals surface area (Å²) >= 11 is 1.25. The molecule has 1 aliphatic carbocycles. The van der Waals surface area contributed by atoms with Gasteiger partial charge in [-0.25, -0.2) is 9.97 Å². The molecule has 2 aromatic heterocycles. The van der Waals surface area contributed by atoms with Gasteiger partial charge in [-0.1, -0.05) is 41.5 Å². The van der Waals surface area contributed by atoms with Crippen LogP contribution in [-0.4, -0.2) is 53.7 Å². The number of hydrogen-bond donors (Lipinski definition) is 2. The van der Waals surface area contributed by atoms with Crippen LogP contribution in [0.3, 0.4) is 0 Å². The molecule has 1 aliphatic rings. The zero-order valence-electron chi connectivity index (χ0n) is 21.9. The Kier molecular flexibility index (Phi) is 9.01. The fraction of sp³-hybridized carbons (Fsp3) is 0.615. The standard InChI is InChI=1S/C26H39N3O4SSi/c1-15(2)35(16(3)4,17(5)6)33-23-10-21(8-19(23)12-30)29-26-22(11-27-14-28-26)25(32)24-9-20(13-34-24)18(7)31/h9,11,13-17,19,21,23,30H,8,10,12H2,1-7H3,(H,27,28,29)/t19-,21-,23+/m1/s1. The van der Waals surface area contributed by atoms with Gasteiger partial charge in [-0.3, -0.25) is 9.59 Å². The van der Waals surface area contributed by atoms with Gasteiger partial charge >= 0.3 is 0 Å². The topological polar surface area (TPSA) is 101 Å². The molecule has 1 fully saturated rings. The lowest BCUT2D eigenvalue weighted by atomic mass is 10.1. The van der Waals surface area contributed by atoms with Crippen molar-refractivity contribution in [2.24, 2.45) is 5.92 Å². The molecule has 1 saturated carbocycles. The molecule has 192 valence electrons. The third-order valence-electron chi connectivity index (χ3n) is 7.45. The second-order valence-corrected chi connectivity index (χ2v) is 16.9. The maximum atomic E-state index is 13.2. The summed E-state index contributed by atoms with van der Waals surface area (Å²) < 4.78 is 7.04. The minimum Gasteiger partial charge on any atom is -0.413 e. The first-order chi connectivity index (χ1) is 16.5. The number of hydrogen-bond acceptors (Lipinski definition) is 8. The number of nitrogens with one attached hydrogen (secondary N) is 1. The fourth-order valence-corrected chi connectivity index (χ4v) is 12.3. The predicted molar refractivity (Wildman–Crippen MR) is 143 cm³/mol. The van der Waals surface area contributed by atoms with Crippen molar-refractivity contribution in [3.63, 3.8) is 0 Å². The molecule has 2 N–H and O–H groups in total. The molecule has 3 rings (SSSR count). The van der Waals surface area contributed by atoms with Crippen LogP contribution in [0.4, 0.5) is 5.82 Å². The number of carbonyl (C=O) groups is 2. The van der Waals surface area contributed by atoms with E-state index in [0.717, 1.165) is 12.8 Å². The minimum absolute atomic E-state index is 0.0212. The molecule has 0 aliphatic heterocycles. The quantitative estimate of drug-likeness (QED) is 0.290. The SMILES string of the molecule is CC(=O)c1csc(C(=O)c2cncnc2N[C@@H]2C[C@H](CO)[C@@H](O[Si](C(C)C)(C(C)C)C(C)C)C2)c1. The molecule has 0 bridgehead atoms. The number of nitrogens with zero attached hydrogens (tertiary/aromatic N) is 2. The van der Waals surface area contributed by atoms with Crippen molar-refractivity contribution in [2.75, 3.05) is 11.9 Å². The number of ketones is 2. The normalized spacial score (nSPS) is 20.7. The van der Waals surface area contributed by atoms with Gasteiger partial charge in [0.15, 0.2) is 5.78 Å².